The Bertz CT molecular complexity index is 1880. The summed E-state index contributed by atoms with van der Waals surface area (Å²) in [5.41, 5.74) is -0.685. The first kappa shape index (κ1) is 33.6. The van der Waals surface area contributed by atoms with Gasteiger partial charge in [-0.15, -0.1) is 0 Å². The highest BCUT2D eigenvalue weighted by atomic mass is 19.1. The van der Waals surface area contributed by atoms with Crippen molar-refractivity contribution in [1.82, 2.24) is 15.2 Å². The Morgan fingerprint density at radius 1 is 0.898 bits per heavy atom. The third-order valence-electron chi connectivity index (χ3n) is 8.97. The van der Waals surface area contributed by atoms with Crippen LogP contribution in [0.4, 0.5) is 20.2 Å². The first-order valence-electron chi connectivity index (χ1n) is 16.1. The lowest BCUT2D eigenvalue weighted by Crippen LogP contribution is -2.41. The summed E-state index contributed by atoms with van der Waals surface area (Å²) >= 11 is 0. The van der Waals surface area contributed by atoms with Crippen molar-refractivity contribution in [2.75, 3.05) is 51.0 Å². The van der Waals surface area contributed by atoms with E-state index in [9.17, 15) is 18.8 Å². The van der Waals surface area contributed by atoms with E-state index < -0.39 is 28.9 Å². The Hall–Kier alpha value is -5.30. The summed E-state index contributed by atoms with van der Waals surface area (Å²) < 4.78 is 47.1. The van der Waals surface area contributed by atoms with Gasteiger partial charge in [0.2, 0.25) is 17.7 Å². The molecule has 2 heterocycles. The molecular formula is C36H37F2N5O6. The van der Waals surface area contributed by atoms with E-state index in [1.165, 1.54) is 37.4 Å². The zero-order valence-corrected chi connectivity index (χ0v) is 27.2. The molecule has 0 unspecified atom stereocenters. The van der Waals surface area contributed by atoms with Crippen molar-refractivity contribution >= 4 is 40.0 Å². The number of fused-ring (bicyclic) bond motifs is 1. The minimum Gasteiger partial charge on any atom is -0.493 e. The number of carbonyl (C=O) groups is 3. The van der Waals surface area contributed by atoms with Gasteiger partial charge in [-0.3, -0.25) is 24.3 Å². The van der Waals surface area contributed by atoms with Crippen molar-refractivity contribution in [1.29, 1.82) is 0 Å². The van der Waals surface area contributed by atoms with Gasteiger partial charge >= 0.3 is 0 Å². The van der Waals surface area contributed by atoms with Gasteiger partial charge in [-0.25, -0.2) is 8.78 Å². The lowest BCUT2D eigenvalue weighted by Gasteiger charge is -2.31. The molecule has 3 aromatic carbocycles. The number of hydrogen-bond acceptors (Lipinski definition) is 8. The Kier molecular flexibility index (Phi) is 9.90. The van der Waals surface area contributed by atoms with Crippen LogP contribution in [0.3, 0.4) is 0 Å². The molecule has 3 amide bonds. The number of pyridine rings is 1. The van der Waals surface area contributed by atoms with E-state index in [0.29, 0.717) is 47.2 Å². The second-order valence-electron chi connectivity index (χ2n) is 12.3. The topological polar surface area (TPSA) is 131 Å². The fourth-order valence-corrected chi connectivity index (χ4v) is 5.81. The van der Waals surface area contributed by atoms with Gasteiger partial charge in [-0.1, -0.05) is 12.1 Å². The van der Waals surface area contributed by atoms with Gasteiger partial charge < -0.3 is 30.2 Å². The van der Waals surface area contributed by atoms with Crippen molar-refractivity contribution in [3.8, 4) is 23.0 Å². The van der Waals surface area contributed by atoms with Crippen LogP contribution in [0.15, 0.2) is 66.9 Å². The number of anilines is 2. The van der Waals surface area contributed by atoms with Crippen LogP contribution in [0.2, 0.25) is 0 Å². The largest absolute Gasteiger partial charge is 0.493 e. The number of hydrogen-bond donors (Lipinski definition) is 3. The summed E-state index contributed by atoms with van der Waals surface area (Å²) in [6.07, 6.45) is 3.93. The number of rotatable bonds is 12. The third kappa shape index (κ3) is 7.56. The van der Waals surface area contributed by atoms with Gasteiger partial charge in [0.1, 0.15) is 17.0 Å². The summed E-state index contributed by atoms with van der Waals surface area (Å²) in [4.78, 5) is 44.2. The number of para-hydroxylation sites is 1. The molecule has 1 saturated carbocycles. The first-order valence-corrected chi connectivity index (χ1v) is 16.1. The molecule has 6 rings (SSSR count). The monoisotopic (exact) mass is 673 g/mol. The van der Waals surface area contributed by atoms with Crippen LogP contribution in [-0.4, -0.2) is 68.0 Å². The second-order valence-corrected chi connectivity index (χ2v) is 12.3. The number of aromatic nitrogens is 1. The van der Waals surface area contributed by atoms with Gasteiger partial charge in [0.25, 0.3) is 0 Å². The van der Waals surface area contributed by atoms with E-state index in [1.54, 1.807) is 37.5 Å². The van der Waals surface area contributed by atoms with Crippen molar-refractivity contribution in [2.24, 2.45) is 11.3 Å². The third-order valence-corrected chi connectivity index (χ3v) is 8.97. The molecule has 0 bridgehead atoms. The van der Waals surface area contributed by atoms with Crippen LogP contribution < -0.4 is 30.2 Å². The molecule has 3 N–H and O–H groups in total. The van der Waals surface area contributed by atoms with Crippen LogP contribution in [-0.2, 0) is 14.4 Å². The number of nitrogens with one attached hydrogen (secondary N) is 3. The van der Waals surface area contributed by atoms with E-state index in [0.717, 1.165) is 32.0 Å². The summed E-state index contributed by atoms with van der Waals surface area (Å²) in [6.45, 7) is 2.51. The van der Waals surface area contributed by atoms with Crippen molar-refractivity contribution < 1.29 is 37.4 Å². The highest BCUT2D eigenvalue weighted by Crippen LogP contribution is 2.48. The minimum atomic E-state index is -1.36. The molecule has 2 aliphatic rings. The first-order chi connectivity index (χ1) is 23.7. The fraction of sp³-hybridized carbons (Fsp3) is 0.333. The number of piperidine rings is 1. The predicted octanol–water partition coefficient (Wildman–Crippen LogP) is 5.51. The molecule has 0 spiro atoms. The Morgan fingerprint density at radius 2 is 1.65 bits per heavy atom. The number of ether oxygens (including phenoxy) is 3. The molecular weight excluding hydrogens is 636 g/mol. The number of amides is 3. The molecule has 11 nitrogen and oxygen atoms in total. The molecule has 1 aliphatic heterocycles. The van der Waals surface area contributed by atoms with E-state index in [1.807, 2.05) is 0 Å². The highest BCUT2D eigenvalue weighted by molar-refractivity contribution is 6.17. The number of halogens is 2. The van der Waals surface area contributed by atoms with Gasteiger partial charge in [-0.2, -0.15) is 0 Å². The predicted molar refractivity (Wildman–Crippen MR) is 179 cm³/mol. The van der Waals surface area contributed by atoms with Crippen molar-refractivity contribution in [3.05, 3.63) is 78.5 Å². The number of likely N-dealkylation sites (tertiary alicyclic amines) is 1. The molecule has 49 heavy (non-hydrogen) atoms. The molecule has 0 atom stereocenters. The van der Waals surface area contributed by atoms with Gasteiger partial charge in [0, 0.05) is 36.5 Å². The minimum absolute atomic E-state index is 0.00364. The van der Waals surface area contributed by atoms with E-state index in [-0.39, 0.29) is 35.9 Å². The molecule has 1 saturated heterocycles. The molecule has 256 valence electrons. The maximum absolute atomic E-state index is 15.3. The van der Waals surface area contributed by atoms with Gasteiger partial charge in [0.15, 0.2) is 23.1 Å². The number of benzene rings is 3. The average Bonchev–Trinajstić information content (AvgIpc) is 3.92. The van der Waals surface area contributed by atoms with Gasteiger partial charge in [0.05, 0.1) is 31.5 Å². The van der Waals surface area contributed by atoms with Crippen LogP contribution >= 0.6 is 0 Å². The van der Waals surface area contributed by atoms with E-state index >= 15 is 4.39 Å². The molecule has 4 aromatic rings. The van der Waals surface area contributed by atoms with Crippen LogP contribution in [0.5, 0.6) is 23.0 Å². The van der Waals surface area contributed by atoms with Gasteiger partial charge in [-0.05, 0) is 81.1 Å². The van der Waals surface area contributed by atoms with E-state index in [2.05, 4.69) is 25.8 Å². The smallest absolute Gasteiger partial charge is 0.240 e. The lowest BCUT2D eigenvalue weighted by molar-refractivity contribution is -0.131. The molecule has 1 aromatic heterocycles. The standard InChI is InChI=1S/C36H37F2N5O6/c1-39-33(44)20-43-15-10-22(11-16-43)21-48-32-19-28-24(18-31(32)47-2)29(9-14-40-28)49-30-8-7-23(17-26(30)38)41-34(45)36(12-13-36)35(46)42-27-6-4-3-5-25(27)37/h3-9,14,17-19,22H,10-13,15-16,20-21H2,1-2H3,(H,39,44)(H,41,45)(H,42,46). The average molecular weight is 674 g/mol. The number of carbonyl (C=O) groups excluding carboxylic acids is 3. The van der Waals surface area contributed by atoms with Crippen LogP contribution in [0, 0.1) is 23.0 Å². The second kappa shape index (κ2) is 14.4. The highest BCUT2D eigenvalue weighted by Gasteiger charge is 2.56. The maximum atomic E-state index is 15.3. The number of nitrogens with zero attached hydrogens (tertiary/aromatic N) is 2. The molecule has 1 aliphatic carbocycles. The summed E-state index contributed by atoms with van der Waals surface area (Å²) in [6, 6.07) is 14.8. The Labute approximate surface area is 281 Å². The maximum Gasteiger partial charge on any atom is 0.240 e. The Balaban J connectivity index is 1.10. The summed E-state index contributed by atoms with van der Waals surface area (Å²) in [5, 5.41) is 8.32. The SMILES string of the molecule is CNC(=O)CN1CCC(COc2cc3nccc(Oc4ccc(NC(=O)C5(C(=O)Nc6ccccc6F)CC5)cc4F)c3cc2OC)CC1. The zero-order valence-electron chi connectivity index (χ0n) is 27.2. The molecule has 0 radical (unpaired) electrons. The molecule has 2 fully saturated rings. The summed E-state index contributed by atoms with van der Waals surface area (Å²) in [7, 11) is 3.17. The molecule has 13 heteroatoms. The quantitative estimate of drug-likeness (QED) is 0.168. The zero-order chi connectivity index (χ0) is 34.5. The van der Waals surface area contributed by atoms with E-state index in [4.69, 9.17) is 14.2 Å². The Morgan fingerprint density at radius 3 is 2.35 bits per heavy atom. The van der Waals surface area contributed by atoms with Crippen LogP contribution in [0.1, 0.15) is 25.7 Å². The van der Waals surface area contributed by atoms with Crippen molar-refractivity contribution in [3.63, 3.8) is 0 Å². The lowest BCUT2D eigenvalue weighted by atomic mass is 9.98. The number of methoxy groups -OCH3 is 1. The number of likely N-dealkylation sites (N-methyl/N-ethyl adjacent to an activating group) is 1. The fourth-order valence-electron chi connectivity index (χ4n) is 5.81. The van der Waals surface area contributed by atoms with Crippen molar-refractivity contribution in [2.45, 2.75) is 25.7 Å². The van der Waals surface area contributed by atoms with Crippen LogP contribution in [0.25, 0.3) is 10.9 Å². The normalized spacial score (nSPS) is 15.7. The summed E-state index contributed by atoms with van der Waals surface area (Å²) in [5.74, 6) is -1.02.